The molecule has 0 saturated heterocycles. The van der Waals surface area contributed by atoms with E-state index in [2.05, 4.69) is 6.07 Å². The van der Waals surface area contributed by atoms with E-state index in [1.165, 1.54) is 0 Å². The van der Waals surface area contributed by atoms with E-state index < -0.39 is 0 Å². The molecule has 0 aliphatic carbocycles. The Morgan fingerprint density at radius 1 is 1.38 bits per heavy atom. The smallest absolute Gasteiger partial charge is 0.0962 e. The van der Waals surface area contributed by atoms with Crippen LogP contribution in [0.2, 0.25) is 10.0 Å². The maximum atomic E-state index is 8.97. The quantitative estimate of drug-likeness (QED) is 0.689. The van der Waals surface area contributed by atoms with Crippen LogP contribution in [0.15, 0.2) is 23.8 Å². The van der Waals surface area contributed by atoms with Crippen molar-refractivity contribution in [2.75, 3.05) is 0 Å². The third-order valence-electron chi connectivity index (χ3n) is 2.07. The lowest BCUT2D eigenvalue weighted by atomic mass is 10.1. The maximum Gasteiger partial charge on any atom is 0.0962 e. The summed E-state index contributed by atoms with van der Waals surface area (Å²) < 4.78 is 0. The number of hydrogen-bond acceptors (Lipinski definition) is 1. The number of rotatable bonds is 3. The molecular formula is C12H10Cl3N. The van der Waals surface area contributed by atoms with Gasteiger partial charge < -0.3 is 0 Å². The first kappa shape index (κ1) is 13.4. The Kier molecular flexibility index (Phi) is 5.15. The second-order valence-electron chi connectivity index (χ2n) is 3.28. The lowest BCUT2D eigenvalue weighted by Gasteiger charge is -2.05. The minimum Gasteiger partial charge on any atom is -0.193 e. The van der Waals surface area contributed by atoms with Gasteiger partial charge in [-0.3, -0.25) is 0 Å². The highest BCUT2D eigenvalue weighted by Crippen LogP contribution is 2.32. The molecule has 0 aliphatic heterocycles. The lowest BCUT2D eigenvalue weighted by Crippen LogP contribution is -1.86. The van der Waals surface area contributed by atoms with Gasteiger partial charge in [0.05, 0.1) is 16.1 Å². The van der Waals surface area contributed by atoms with Gasteiger partial charge in [-0.2, -0.15) is 5.26 Å². The summed E-state index contributed by atoms with van der Waals surface area (Å²) in [5.74, 6) is 0. The lowest BCUT2D eigenvalue weighted by molar-refractivity contribution is 0.933. The summed E-state index contributed by atoms with van der Waals surface area (Å²) in [4.78, 5) is 0. The molecule has 0 fully saturated rings. The fraction of sp³-hybridized carbons (Fsp3) is 0.250. The molecule has 0 atom stereocenters. The van der Waals surface area contributed by atoms with E-state index in [9.17, 15) is 0 Å². The van der Waals surface area contributed by atoms with Crippen LogP contribution >= 0.6 is 34.8 Å². The monoisotopic (exact) mass is 273 g/mol. The number of nitrogens with zero attached hydrogens (tertiary/aromatic N) is 1. The van der Waals surface area contributed by atoms with Crippen LogP contribution < -0.4 is 0 Å². The number of allylic oxidation sites excluding steroid dienone is 1. The minimum atomic E-state index is 0.408. The Morgan fingerprint density at radius 2 is 2.06 bits per heavy atom. The maximum absolute atomic E-state index is 8.97. The van der Waals surface area contributed by atoms with E-state index >= 15 is 0 Å². The van der Waals surface area contributed by atoms with E-state index in [0.29, 0.717) is 32.6 Å². The Morgan fingerprint density at radius 3 is 2.56 bits per heavy atom. The first-order valence-corrected chi connectivity index (χ1v) is 5.97. The molecule has 0 amide bonds. The van der Waals surface area contributed by atoms with Crippen molar-refractivity contribution in [2.24, 2.45) is 0 Å². The molecule has 4 heteroatoms. The van der Waals surface area contributed by atoms with E-state index in [1.54, 1.807) is 18.2 Å². The Bertz CT molecular complexity index is 458. The molecule has 0 spiro atoms. The van der Waals surface area contributed by atoms with Crippen molar-refractivity contribution in [1.82, 2.24) is 0 Å². The molecule has 0 aliphatic rings. The molecule has 0 saturated carbocycles. The van der Waals surface area contributed by atoms with Crippen LogP contribution in [0.4, 0.5) is 0 Å². The van der Waals surface area contributed by atoms with E-state index in [-0.39, 0.29) is 0 Å². The second kappa shape index (κ2) is 6.15. The van der Waals surface area contributed by atoms with Crippen LogP contribution in [-0.4, -0.2) is 0 Å². The standard InChI is InChI=1S/C12H10Cl3N/c1-2-3-8(7-16)12(15)10-5-4-9(13)6-11(10)14/h4-6H,2-3H2,1H3. The number of hydrogen-bond donors (Lipinski definition) is 0. The molecule has 0 heterocycles. The van der Waals surface area contributed by atoms with E-state index in [0.717, 1.165) is 6.42 Å². The highest BCUT2D eigenvalue weighted by atomic mass is 35.5. The van der Waals surface area contributed by atoms with Crippen molar-refractivity contribution in [3.63, 3.8) is 0 Å². The molecule has 16 heavy (non-hydrogen) atoms. The number of benzene rings is 1. The van der Waals surface area contributed by atoms with Crippen LogP contribution in [-0.2, 0) is 0 Å². The van der Waals surface area contributed by atoms with Crippen molar-refractivity contribution >= 4 is 39.8 Å². The van der Waals surface area contributed by atoms with Gasteiger partial charge in [0.1, 0.15) is 0 Å². The zero-order valence-corrected chi connectivity index (χ0v) is 11.0. The van der Waals surface area contributed by atoms with Gasteiger partial charge in [0.15, 0.2) is 0 Å². The van der Waals surface area contributed by atoms with Crippen molar-refractivity contribution in [3.8, 4) is 6.07 Å². The Labute approximate surface area is 110 Å². The van der Waals surface area contributed by atoms with E-state index in [1.807, 2.05) is 6.92 Å². The zero-order valence-electron chi connectivity index (χ0n) is 8.73. The summed E-state index contributed by atoms with van der Waals surface area (Å²) >= 11 is 17.9. The first-order chi connectivity index (χ1) is 7.60. The molecule has 1 rings (SSSR count). The zero-order chi connectivity index (χ0) is 12.1. The summed E-state index contributed by atoms with van der Waals surface area (Å²) in [6.07, 6.45) is 1.51. The van der Waals surface area contributed by atoms with Gasteiger partial charge >= 0.3 is 0 Å². The summed E-state index contributed by atoms with van der Waals surface area (Å²) in [7, 11) is 0. The molecule has 0 N–H and O–H groups in total. The molecule has 1 aromatic carbocycles. The van der Waals surface area contributed by atoms with Gasteiger partial charge in [-0.15, -0.1) is 0 Å². The number of nitriles is 1. The topological polar surface area (TPSA) is 23.8 Å². The third kappa shape index (κ3) is 3.15. The predicted octanol–water partition coefficient (Wildman–Crippen LogP) is 5.27. The fourth-order valence-corrected chi connectivity index (χ4v) is 2.15. The third-order valence-corrected chi connectivity index (χ3v) is 3.05. The molecule has 0 aromatic heterocycles. The summed E-state index contributed by atoms with van der Waals surface area (Å²) in [5.41, 5.74) is 1.20. The van der Waals surface area contributed by atoms with Gasteiger partial charge in [-0.25, -0.2) is 0 Å². The van der Waals surface area contributed by atoms with Gasteiger partial charge in [-0.05, 0) is 18.6 Å². The van der Waals surface area contributed by atoms with Crippen molar-refractivity contribution in [3.05, 3.63) is 39.4 Å². The molecule has 0 unspecified atom stereocenters. The Hall–Kier alpha value is -0.680. The molecule has 84 valence electrons. The van der Waals surface area contributed by atoms with Crippen LogP contribution in [0.1, 0.15) is 25.3 Å². The van der Waals surface area contributed by atoms with Gasteiger partial charge in [0.25, 0.3) is 0 Å². The first-order valence-electron chi connectivity index (χ1n) is 4.84. The molecule has 1 aromatic rings. The second-order valence-corrected chi connectivity index (χ2v) is 4.50. The van der Waals surface area contributed by atoms with Crippen molar-refractivity contribution in [1.29, 1.82) is 5.26 Å². The summed E-state index contributed by atoms with van der Waals surface area (Å²) in [5, 5.41) is 10.4. The summed E-state index contributed by atoms with van der Waals surface area (Å²) in [6, 6.07) is 7.13. The molecule has 0 bridgehead atoms. The summed E-state index contributed by atoms with van der Waals surface area (Å²) in [6.45, 7) is 1.99. The van der Waals surface area contributed by atoms with Gasteiger partial charge in [0.2, 0.25) is 0 Å². The minimum absolute atomic E-state index is 0.408. The van der Waals surface area contributed by atoms with Crippen molar-refractivity contribution in [2.45, 2.75) is 19.8 Å². The SMILES string of the molecule is CCCC(C#N)=C(Cl)c1ccc(Cl)cc1Cl. The average Bonchev–Trinajstić information content (AvgIpc) is 2.25. The van der Waals surface area contributed by atoms with Crippen LogP contribution in [0.3, 0.4) is 0 Å². The fourth-order valence-electron chi connectivity index (χ4n) is 1.29. The predicted molar refractivity (Wildman–Crippen MR) is 69.8 cm³/mol. The Balaban J connectivity index is 3.22. The van der Waals surface area contributed by atoms with Crippen LogP contribution in [0.5, 0.6) is 0 Å². The van der Waals surface area contributed by atoms with Crippen LogP contribution in [0, 0.1) is 11.3 Å². The largest absolute Gasteiger partial charge is 0.193 e. The number of halogens is 3. The molecule has 1 nitrogen and oxygen atoms in total. The van der Waals surface area contributed by atoms with Gasteiger partial charge in [-0.1, -0.05) is 54.2 Å². The van der Waals surface area contributed by atoms with E-state index in [4.69, 9.17) is 40.1 Å². The van der Waals surface area contributed by atoms with Crippen LogP contribution in [0.25, 0.3) is 5.03 Å². The normalized spacial score (nSPS) is 11.9. The van der Waals surface area contributed by atoms with Crippen molar-refractivity contribution < 1.29 is 0 Å². The van der Waals surface area contributed by atoms with Gasteiger partial charge in [0, 0.05) is 16.2 Å². The molecular weight excluding hydrogens is 264 g/mol. The average molecular weight is 275 g/mol. The highest BCUT2D eigenvalue weighted by Gasteiger charge is 2.10. The highest BCUT2D eigenvalue weighted by molar-refractivity contribution is 6.51. The molecule has 0 radical (unpaired) electrons.